The van der Waals surface area contributed by atoms with Crippen molar-refractivity contribution in [1.29, 1.82) is 0 Å². The summed E-state index contributed by atoms with van der Waals surface area (Å²) in [5, 5.41) is 5.16. The Bertz CT molecular complexity index is 859. The highest BCUT2D eigenvalue weighted by Crippen LogP contribution is 2.61. The molecule has 2 aromatic carbocycles. The SMILES string of the molecule is CC(NCc1ccc(OCc2ccc(Cl)cc2Cl)cc1)C12CC3CC(CC(C3)C1)C2. The molecule has 4 fully saturated rings. The van der Waals surface area contributed by atoms with Crippen molar-refractivity contribution in [2.24, 2.45) is 23.2 Å². The molecule has 4 heteroatoms. The van der Waals surface area contributed by atoms with Crippen molar-refractivity contribution in [3.05, 3.63) is 63.6 Å². The second-order valence-electron chi connectivity index (χ2n) is 10.1. The molecule has 4 aliphatic carbocycles. The van der Waals surface area contributed by atoms with Gasteiger partial charge in [0, 0.05) is 28.2 Å². The molecule has 0 saturated heterocycles. The van der Waals surface area contributed by atoms with Gasteiger partial charge in [0.15, 0.2) is 0 Å². The molecule has 2 nitrogen and oxygen atoms in total. The largest absolute Gasteiger partial charge is 0.489 e. The summed E-state index contributed by atoms with van der Waals surface area (Å²) in [4.78, 5) is 0. The number of benzene rings is 2. The smallest absolute Gasteiger partial charge is 0.119 e. The van der Waals surface area contributed by atoms with E-state index in [0.717, 1.165) is 35.6 Å². The molecule has 4 bridgehead atoms. The van der Waals surface area contributed by atoms with Gasteiger partial charge >= 0.3 is 0 Å². The zero-order valence-corrected chi connectivity index (χ0v) is 19.2. The second-order valence-corrected chi connectivity index (χ2v) is 10.9. The Hall–Kier alpha value is -1.22. The van der Waals surface area contributed by atoms with Gasteiger partial charge in [-0.15, -0.1) is 0 Å². The fourth-order valence-electron chi connectivity index (χ4n) is 6.70. The number of hydrogen-bond acceptors (Lipinski definition) is 2. The molecule has 0 aliphatic heterocycles. The minimum atomic E-state index is 0.441. The molecule has 6 rings (SSSR count). The molecule has 4 saturated carbocycles. The Labute approximate surface area is 190 Å². The molecule has 2 aromatic rings. The predicted molar refractivity (Wildman–Crippen MR) is 124 cm³/mol. The zero-order valence-electron chi connectivity index (χ0n) is 17.7. The van der Waals surface area contributed by atoms with E-state index in [4.69, 9.17) is 27.9 Å². The summed E-state index contributed by atoms with van der Waals surface area (Å²) < 4.78 is 5.91. The molecule has 0 heterocycles. The summed E-state index contributed by atoms with van der Waals surface area (Å²) in [6.07, 6.45) is 8.88. The van der Waals surface area contributed by atoms with Crippen LogP contribution in [0, 0.1) is 23.2 Å². The molecule has 0 amide bonds. The Balaban J connectivity index is 1.15. The van der Waals surface area contributed by atoms with Gasteiger partial charge in [-0.2, -0.15) is 0 Å². The van der Waals surface area contributed by atoms with Crippen molar-refractivity contribution < 1.29 is 4.74 Å². The first-order valence-corrected chi connectivity index (χ1v) is 12.1. The molecule has 0 aromatic heterocycles. The molecular formula is C26H31Cl2NO. The topological polar surface area (TPSA) is 21.3 Å². The van der Waals surface area contributed by atoms with E-state index in [9.17, 15) is 0 Å². The third-order valence-electron chi connectivity index (χ3n) is 7.95. The minimum absolute atomic E-state index is 0.441. The van der Waals surface area contributed by atoms with Crippen LogP contribution in [0.4, 0.5) is 0 Å². The molecule has 4 aliphatic rings. The van der Waals surface area contributed by atoms with Gasteiger partial charge in [-0.05, 0) is 98.4 Å². The maximum atomic E-state index is 6.23. The Morgan fingerprint density at radius 3 is 2.20 bits per heavy atom. The van der Waals surface area contributed by atoms with Crippen LogP contribution in [0.5, 0.6) is 5.75 Å². The van der Waals surface area contributed by atoms with Crippen LogP contribution in [0.2, 0.25) is 10.0 Å². The Morgan fingerprint density at radius 1 is 0.967 bits per heavy atom. The second kappa shape index (κ2) is 8.37. The first-order chi connectivity index (χ1) is 14.5. The van der Waals surface area contributed by atoms with E-state index in [1.54, 1.807) is 6.07 Å². The summed E-state index contributed by atoms with van der Waals surface area (Å²) in [5.41, 5.74) is 2.80. The van der Waals surface area contributed by atoms with Gasteiger partial charge in [0.1, 0.15) is 12.4 Å². The summed E-state index contributed by atoms with van der Waals surface area (Å²) in [6, 6.07) is 14.5. The summed E-state index contributed by atoms with van der Waals surface area (Å²) >= 11 is 12.2. The average Bonchev–Trinajstić information content (AvgIpc) is 2.71. The first-order valence-electron chi connectivity index (χ1n) is 11.4. The standard InChI is InChI=1S/C26H31Cl2NO/c1-17(26-12-19-8-20(13-26)10-21(9-19)14-26)29-15-18-2-6-24(7-3-18)30-16-22-4-5-23(27)11-25(22)28/h2-7,11,17,19-21,29H,8-10,12-16H2,1H3. The average molecular weight is 444 g/mol. The Morgan fingerprint density at radius 2 is 1.60 bits per heavy atom. The van der Waals surface area contributed by atoms with Crippen molar-refractivity contribution in [1.82, 2.24) is 5.32 Å². The van der Waals surface area contributed by atoms with E-state index < -0.39 is 0 Å². The normalized spacial score (nSPS) is 30.4. The lowest BCUT2D eigenvalue weighted by Crippen LogP contribution is -2.54. The summed E-state index contributed by atoms with van der Waals surface area (Å²) in [5.74, 6) is 3.88. The number of halogens is 2. The predicted octanol–water partition coefficient (Wildman–Crippen LogP) is 7.27. The van der Waals surface area contributed by atoms with Gasteiger partial charge in [-0.25, -0.2) is 0 Å². The lowest BCUT2D eigenvalue weighted by molar-refractivity contribution is -0.0706. The Kier molecular flexibility index (Phi) is 5.77. The van der Waals surface area contributed by atoms with Crippen molar-refractivity contribution in [2.45, 2.75) is 64.6 Å². The number of rotatable bonds is 7. The van der Waals surface area contributed by atoms with Gasteiger partial charge < -0.3 is 10.1 Å². The number of ether oxygens (including phenoxy) is 1. The van der Waals surface area contributed by atoms with Gasteiger partial charge in [0.25, 0.3) is 0 Å². The van der Waals surface area contributed by atoms with E-state index in [-0.39, 0.29) is 0 Å². The summed E-state index contributed by atoms with van der Waals surface area (Å²) in [6.45, 7) is 3.79. The van der Waals surface area contributed by atoms with E-state index in [1.807, 2.05) is 12.1 Å². The van der Waals surface area contributed by atoms with Crippen molar-refractivity contribution >= 4 is 23.2 Å². The maximum absolute atomic E-state index is 6.23. The molecule has 160 valence electrons. The van der Waals surface area contributed by atoms with Crippen LogP contribution in [0.1, 0.15) is 56.6 Å². The van der Waals surface area contributed by atoms with E-state index in [0.29, 0.717) is 28.1 Å². The van der Waals surface area contributed by atoms with Crippen LogP contribution >= 0.6 is 23.2 Å². The highest BCUT2D eigenvalue weighted by molar-refractivity contribution is 6.35. The van der Waals surface area contributed by atoms with Crippen LogP contribution in [0.25, 0.3) is 0 Å². The highest BCUT2D eigenvalue weighted by atomic mass is 35.5. The van der Waals surface area contributed by atoms with Gasteiger partial charge in [-0.1, -0.05) is 41.4 Å². The zero-order chi connectivity index (χ0) is 20.7. The van der Waals surface area contributed by atoms with Crippen LogP contribution in [0.3, 0.4) is 0 Å². The number of hydrogen-bond donors (Lipinski definition) is 1. The van der Waals surface area contributed by atoms with Gasteiger partial charge in [-0.3, -0.25) is 0 Å². The highest BCUT2D eigenvalue weighted by Gasteiger charge is 2.52. The van der Waals surface area contributed by atoms with Crippen LogP contribution in [0.15, 0.2) is 42.5 Å². The van der Waals surface area contributed by atoms with Crippen LogP contribution in [-0.4, -0.2) is 6.04 Å². The van der Waals surface area contributed by atoms with Crippen molar-refractivity contribution in [2.75, 3.05) is 0 Å². The van der Waals surface area contributed by atoms with Gasteiger partial charge in [0.05, 0.1) is 0 Å². The third-order valence-corrected chi connectivity index (χ3v) is 8.54. The fourth-order valence-corrected chi connectivity index (χ4v) is 7.16. The molecule has 1 N–H and O–H groups in total. The lowest BCUT2D eigenvalue weighted by Gasteiger charge is -2.59. The monoisotopic (exact) mass is 443 g/mol. The first kappa shape index (κ1) is 20.7. The van der Waals surface area contributed by atoms with Crippen molar-refractivity contribution in [3.63, 3.8) is 0 Å². The third kappa shape index (κ3) is 4.24. The molecular weight excluding hydrogens is 413 g/mol. The van der Waals surface area contributed by atoms with Crippen LogP contribution < -0.4 is 10.1 Å². The van der Waals surface area contributed by atoms with Crippen LogP contribution in [-0.2, 0) is 13.2 Å². The maximum Gasteiger partial charge on any atom is 0.119 e. The van der Waals surface area contributed by atoms with E-state index in [1.165, 1.54) is 44.1 Å². The molecule has 0 radical (unpaired) electrons. The molecule has 30 heavy (non-hydrogen) atoms. The van der Waals surface area contributed by atoms with E-state index in [2.05, 4.69) is 36.5 Å². The minimum Gasteiger partial charge on any atom is -0.489 e. The summed E-state index contributed by atoms with van der Waals surface area (Å²) in [7, 11) is 0. The molecule has 0 spiro atoms. The van der Waals surface area contributed by atoms with Gasteiger partial charge in [0.2, 0.25) is 0 Å². The quantitative estimate of drug-likeness (QED) is 0.485. The number of nitrogens with one attached hydrogen (secondary N) is 1. The molecule has 1 unspecified atom stereocenters. The molecule has 1 atom stereocenters. The fraction of sp³-hybridized carbons (Fsp3) is 0.538. The van der Waals surface area contributed by atoms with E-state index >= 15 is 0 Å². The lowest BCUT2D eigenvalue weighted by atomic mass is 9.48. The van der Waals surface area contributed by atoms with Crippen molar-refractivity contribution in [3.8, 4) is 5.75 Å².